The van der Waals surface area contributed by atoms with E-state index < -0.39 is 17.7 Å². The van der Waals surface area contributed by atoms with Crippen LogP contribution in [0.1, 0.15) is 34.1 Å². The number of nitrogens with one attached hydrogen (secondary N) is 1. The van der Waals surface area contributed by atoms with Gasteiger partial charge in [-0.3, -0.25) is 9.69 Å². The molecule has 5 nitrogen and oxygen atoms in total. The lowest BCUT2D eigenvalue weighted by molar-refractivity contribution is -0.129. The van der Waals surface area contributed by atoms with Crippen molar-refractivity contribution in [3.05, 3.63) is 0 Å². The Kier molecular flexibility index (Phi) is 3.78. The molecule has 0 aromatic heterocycles. The molecule has 1 atom stereocenters. The maximum absolute atomic E-state index is 11.9. The highest BCUT2D eigenvalue weighted by Crippen LogP contribution is 2.15. The Hall–Kier alpha value is -1.26. The highest BCUT2D eigenvalue weighted by Gasteiger charge is 2.34. The number of piperazine rings is 1. The Labute approximate surface area is 96.1 Å². The van der Waals surface area contributed by atoms with Crippen molar-refractivity contribution in [2.24, 2.45) is 0 Å². The molecule has 1 N–H and O–H groups in total. The smallest absolute Gasteiger partial charge is 0.411 e. The van der Waals surface area contributed by atoms with Gasteiger partial charge in [0, 0.05) is 13.1 Å². The Morgan fingerprint density at radius 2 is 2.19 bits per heavy atom. The maximum atomic E-state index is 11.9. The summed E-state index contributed by atoms with van der Waals surface area (Å²) in [6.07, 6.45) is 0.194. The van der Waals surface area contributed by atoms with Crippen LogP contribution in [0.5, 0.6) is 0 Å². The van der Waals surface area contributed by atoms with Gasteiger partial charge in [0.25, 0.3) is 0 Å². The molecule has 0 spiro atoms. The van der Waals surface area contributed by atoms with Crippen LogP contribution in [0, 0.1) is 0 Å². The molecular formula is C11H20N2O3. The molecule has 1 rings (SSSR count). The van der Waals surface area contributed by atoms with Gasteiger partial charge in [0.15, 0.2) is 0 Å². The van der Waals surface area contributed by atoms with Crippen LogP contribution in [0.3, 0.4) is 0 Å². The van der Waals surface area contributed by atoms with E-state index in [0.29, 0.717) is 19.5 Å². The third kappa shape index (κ3) is 3.12. The van der Waals surface area contributed by atoms with E-state index in [2.05, 4.69) is 5.32 Å². The predicted octanol–water partition coefficient (Wildman–Crippen LogP) is 1.13. The maximum Gasteiger partial charge on any atom is 0.411 e. The van der Waals surface area contributed by atoms with Gasteiger partial charge in [-0.2, -0.15) is 0 Å². The molecule has 0 unspecified atom stereocenters. The Bertz CT molecular complexity index is 283. The molecule has 0 aromatic rings. The summed E-state index contributed by atoms with van der Waals surface area (Å²) in [6, 6.07) is -0.399. The van der Waals surface area contributed by atoms with E-state index in [0.717, 1.165) is 0 Å². The Morgan fingerprint density at radius 3 is 2.69 bits per heavy atom. The van der Waals surface area contributed by atoms with Gasteiger partial charge in [-0.15, -0.1) is 0 Å². The second kappa shape index (κ2) is 4.72. The lowest BCUT2D eigenvalue weighted by atomic mass is 10.1. The average molecular weight is 228 g/mol. The molecule has 1 fully saturated rings. The summed E-state index contributed by atoms with van der Waals surface area (Å²) in [7, 11) is 0. The van der Waals surface area contributed by atoms with Gasteiger partial charge in [0.05, 0.1) is 0 Å². The summed E-state index contributed by atoms with van der Waals surface area (Å²) in [5, 5.41) is 2.74. The lowest BCUT2D eigenvalue weighted by Gasteiger charge is -2.35. The fraction of sp³-hybridized carbons (Fsp3) is 0.818. The summed E-state index contributed by atoms with van der Waals surface area (Å²) in [6.45, 7) is 8.34. The van der Waals surface area contributed by atoms with Crippen LogP contribution in [0.25, 0.3) is 0 Å². The van der Waals surface area contributed by atoms with Gasteiger partial charge in [-0.1, -0.05) is 6.92 Å². The molecule has 92 valence electrons. The molecule has 2 amide bonds. The first-order valence-electron chi connectivity index (χ1n) is 5.62. The molecule has 0 bridgehead atoms. The van der Waals surface area contributed by atoms with E-state index in [1.165, 1.54) is 4.90 Å². The molecule has 1 aliphatic rings. The van der Waals surface area contributed by atoms with Crippen molar-refractivity contribution < 1.29 is 14.3 Å². The highest BCUT2D eigenvalue weighted by atomic mass is 16.6. The molecule has 1 saturated heterocycles. The first-order chi connectivity index (χ1) is 7.35. The zero-order valence-electron chi connectivity index (χ0n) is 10.4. The quantitative estimate of drug-likeness (QED) is 0.732. The zero-order chi connectivity index (χ0) is 12.3. The molecule has 1 aliphatic heterocycles. The van der Waals surface area contributed by atoms with Gasteiger partial charge in [-0.05, 0) is 27.2 Å². The molecule has 0 radical (unpaired) electrons. The topological polar surface area (TPSA) is 58.6 Å². The molecular weight excluding hydrogens is 208 g/mol. The van der Waals surface area contributed by atoms with Crippen molar-refractivity contribution in [3.8, 4) is 0 Å². The lowest BCUT2D eigenvalue weighted by Crippen LogP contribution is -2.57. The number of carbonyl (C=O) groups excluding carboxylic acids is 2. The fourth-order valence-corrected chi connectivity index (χ4v) is 1.66. The Morgan fingerprint density at radius 1 is 1.56 bits per heavy atom. The predicted molar refractivity (Wildman–Crippen MR) is 60.0 cm³/mol. The number of amides is 2. The molecule has 1 heterocycles. The number of rotatable bonds is 1. The van der Waals surface area contributed by atoms with E-state index in [9.17, 15) is 9.59 Å². The second-order valence-corrected chi connectivity index (χ2v) is 4.89. The van der Waals surface area contributed by atoms with Gasteiger partial charge in [-0.25, -0.2) is 4.79 Å². The van der Waals surface area contributed by atoms with E-state index in [4.69, 9.17) is 4.74 Å². The number of carbonyl (C=O) groups is 2. The van der Waals surface area contributed by atoms with Crippen molar-refractivity contribution in [3.63, 3.8) is 0 Å². The van der Waals surface area contributed by atoms with Gasteiger partial charge >= 0.3 is 6.09 Å². The van der Waals surface area contributed by atoms with Crippen molar-refractivity contribution >= 4 is 12.0 Å². The van der Waals surface area contributed by atoms with Crippen LogP contribution in [-0.4, -0.2) is 41.6 Å². The van der Waals surface area contributed by atoms with E-state index in [-0.39, 0.29) is 5.91 Å². The van der Waals surface area contributed by atoms with Crippen molar-refractivity contribution in [2.75, 3.05) is 13.1 Å². The fourth-order valence-electron chi connectivity index (χ4n) is 1.66. The normalized spacial score (nSPS) is 21.6. The minimum absolute atomic E-state index is 0.0976. The second-order valence-electron chi connectivity index (χ2n) is 4.89. The van der Waals surface area contributed by atoms with Crippen LogP contribution in [0.4, 0.5) is 4.79 Å². The zero-order valence-corrected chi connectivity index (χ0v) is 10.4. The minimum atomic E-state index is -0.525. The van der Waals surface area contributed by atoms with E-state index >= 15 is 0 Å². The largest absolute Gasteiger partial charge is 0.444 e. The third-order valence-electron chi connectivity index (χ3n) is 2.35. The third-order valence-corrected chi connectivity index (χ3v) is 2.35. The van der Waals surface area contributed by atoms with Crippen LogP contribution in [-0.2, 0) is 9.53 Å². The summed E-state index contributed by atoms with van der Waals surface area (Å²) in [4.78, 5) is 24.9. The van der Waals surface area contributed by atoms with Crippen molar-refractivity contribution in [1.29, 1.82) is 0 Å². The number of hydrogen-bond acceptors (Lipinski definition) is 3. The summed E-state index contributed by atoms with van der Waals surface area (Å²) < 4.78 is 5.26. The number of ether oxygens (including phenoxy) is 1. The number of nitrogens with zero attached hydrogens (tertiary/aromatic N) is 1. The monoisotopic (exact) mass is 228 g/mol. The first-order valence-corrected chi connectivity index (χ1v) is 5.62. The molecule has 0 saturated carbocycles. The first kappa shape index (κ1) is 12.8. The van der Waals surface area contributed by atoms with E-state index in [1.54, 1.807) is 0 Å². The van der Waals surface area contributed by atoms with Gasteiger partial charge in [0.1, 0.15) is 11.6 Å². The summed E-state index contributed by atoms with van der Waals surface area (Å²) >= 11 is 0. The standard InChI is InChI=1S/C11H20N2O3/c1-5-8-9(14)12-6-7-13(8)10(15)16-11(2,3)4/h8H,5-7H2,1-4H3,(H,12,14)/t8-/m0/s1. The highest BCUT2D eigenvalue weighted by molar-refractivity contribution is 5.86. The molecule has 5 heteroatoms. The average Bonchev–Trinajstić information content (AvgIpc) is 2.14. The molecule has 0 aromatic carbocycles. The Balaban J connectivity index is 2.70. The minimum Gasteiger partial charge on any atom is -0.444 e. The van der Waals surface area contributed by atoms with Crippen LogP contribution < -0.4 is 5.32 Å². The van der Waals surface area contributed by atoms with Crippen LogP contribution >= 0.6 is 0 Å². The number of hydrogen-bond donors (Lipinski definition) is 1. The SMILES string of the molecule is CC[C@H]1C(=O)NCCN1C(=O)OC(C)(C)C. The summed E-state index contributed by atoms with van der Waals surface area (Å²) in [5.74, 6) is -0.0976. The molecule has 16 heavy (non-hydrogen) atoms. The van der Waals surface area contributed by atoms with Crippen molar-refractivity contribution in [1.82, 2.24) is 10.2 Å². The van der Waals surface area contributed by atoms with Gasteiger partial charge in [0.2, 0.25) is 5.91 Å². The van der Waals surface area contributed by atoms with E-state index in [1.807, 2.05) is 27.7 Å². The summed E-state index contributed by atoms with van der Waals surface area (Å²) in [5.41, 5.74) is -0.525. The van der Waals surface area contributed by atoms with Gasteiger partial charge < -0.3 is 10.1 Å². The van der Waals surface area contributed by atoms with Crippen LogP contribution in [0.15, 0.2) is 0 Å². The molecule has 0 aliphatic carbocycles. The van der Waals surface area contributed by atoms with Crippen LogP contribution in [0.2, 0.25) is 0 Å². The van der Waals surface area contributed by atoms with Crippen molar-refractivity contribution in [2.45, 2.75) is 45.8 Å².